The molecule has 20 heavy (non-hydrogen) atoms. The molecule has 0 aliphatic carbocycles. The van der Waals surface area contributed by atoms with E-state index in [4.69, 9.17) is 9.47 Å². The Morgan fingerprint density at radius 1 is 1.35 bits per heavy atom. The molecule has 1 aromatic rings. The molecule has 2 heterocycles. The van der Waals surface area contributed by atoms with E-state index in [0.29, 0.717) is 37.7 Å². The Balaban J connectivity index is 2.13. The highest BCUT2D eigenvalue weighted by molar-refractivity contribution is 5.38. The number of anilines is 2. The van der Waals surface area contributed by atoms with Crippen LogP contribution < -0.4 is 15.0 Å². The van der Waals surface area contributed by atoms with Crippen molar-refractivity contribution in [3.05, 3.63) is 12.7 Å². The van der Waals surface area contributed by atoms with Crippen molar-refractivity contribution in [1.29, 1.82) is 0 Å². The average Bonchev–Trinajstić information content (AvgIpc) is 2.49. The molecule has 0 spiro atoms. The third-order valence-electron chi connectivity index (χ3n) is 2.79. The number of morpholine rings is 1. The van der Waals surface area contributed by atoms with Crippen molar-refractivity contribution >= 4 is 11.9 Å². The van der Waals surface area contributed by atoms with Crippen molar-refractivity contribution in [3.63, 3.8) is 0 Å². The molecule has 0 saturated carbocycles. The molecule has 0 bridgehead atoms. The molecule has 1 aliphatic rings. The molecule has 0 amide bonds. The number of nitrogens with zero attached hydrogens (tertiary/aromatic N) is 4. The molecule has 1 aliphatic heterocycles. The van der Waals surface area contributed by atoms with E-state index in [0.717, 1.165) is 26.1 Å². The summed E-state index contributed by atoms with van der Waals surface area (Å²) in [6, 6.07) is 0.347. The first-order valence-corrected chi connectivity index (χ1v) is 6.90. The molecule has 0 atom stereocenters. The molecule has 1 saturated heterocycles. The van der Waals surface area contributed by atoms with Crippen molar-refractivity contribution in [2.75, 3.05) is 49.7 Å². The minimum atomic E-state index is 0.347. The topological polar surface area (TPSA) is 72.4 Å². The number of nitrogens with one attached hydrogen (secondary N) is 1. The zero-order valence-electron chi connectivity index (χ0n) is 11.8. The Morgan fingerprint density at radius 2 is 2.15 bits per heavy atom. The van der Waals surface area contributed by atoms with Gasteiger partial charge in [0.2, 0.25) is 11.9 Å². The van der Waals surface area contributed by atoms with E-state index in [1.54, 1.807) is 6.08 Å². The lowest BCUT2D eigenvalue weighted by Gasteiger charge is -2.26. The standard InChI is InChI=1S/C13H21N5O2/c1-3-5-8-20-13-16-11(14-4-2)15-12(17-13)18-6-9-19-10-7-18/h3H,1,4-10H2,2H3,(H,14,15,16,17). The van der Waals surface area contributed by atoms with Crippen LogP contribution in [0.5, 0.6) is 6.01 Å². The number of rotatable bonds is 7. The summed E-state index contributed by atoms with van der Waals surface area (Å²) >= 11 is 0. The van der Waals surface area contributed by atoms with Crippen LogP contribution in [0.3, 0.4) is 0 Å². The minimum Gasteiger partial charge on any atom is -0.463 e. The first-order valence-electron chi connectivity index (χ1n) is 6.90. The molecule has 0 unspecified atom stereocenters. The smallest absolute Gasteiger partial charge is 0.323 e. The van der Waals surface area contributed by atoms with Gasteiger partial charge in [-0.3, -0.25) is 0 Å². The molecule has 2 rings (SSSR count). The van der Waals surface area contributed by atoms with Crippen molar-refractivity contribution in [2.45, 2.75) is 13.3 Å². The van der Waals surface area contributed by atoms with Crippen LogP contribution in [0.15, 0.2) is 12.7 Å². The molecular weight excluding hydrogens is 258 g/mol. The number of hydrogen-bond donors (Lipinski definition) is 1. The predicted molar refractivity (Wildman–Crippen MR) is 77.3 cm³/mol. The quantitative estimate of drug-likeness (QED) is 0.591. The van der Waals surface area contributed by atoms with Gasteiger partial charge in [-0.25, -0.2) is 0 Å². The second-order valence-corrected chi connectivity index (χ2v) is 4.30. The van der Waals surface area contributed by atoms with Crippen LogP contribution in [0.4, 0.5) is 11.9 Å². The second-order valence-electron chi connectivity index (χ2n) is 4.30. The molecule has 7 heteroatoms. The maximum absolute atomic E-state index is 5.53. The SMILES string of the molecule is C=CCCOc1nc(NCC)nc(N2CCOCC2)n1. The van der Waals surface area contributed by atoms with E-state index >= 15 is 0 Å². The highest BCUT2D eigenvalue weighted by atomic mass is 16.5. The monoisotopic (exact) mass is 279 g/mol. The summed E-state index contributed by atoms with van der Waals surface area (Å²) in [4.78, 5) is 15.1. The maximum Gasteiger partial charge on any atom is 0.323 e. The number of ether oxygens (including phenoxy) is 2. The lowest BCUT2D eigenvalue weighted by atomic mass is 10.4. The van der Waals surface area contributed by atoms with Gasteiger partial charge in [0, 0.05) is 19.6 Å². The van der Waals surface area contributed by atoms with Crippen LogP contribution in [-0.4, -0.2) is 54.4 Å². The highest BCUT2D eigenvalue weighted by Gasteiger charge is 2.16. The molecule has 7 nitrogen and oxygen atoms in total. The van der Waals surface area contributed by atoms with E-state index in [2.05, 4.69) is 31.7 Å². The number of aromatic nitrogens is 3. The molecule has 1 N–H and O–H groups in total. The summed E-state index contributed by atoms with van der Waals surface area (Å²) in [5.41, 5.74) is 0. The van der Waals surface area contributed by atoms with Crippen LogP contribution in [0, 0.1) is 0 Å². The molecule has 110 valence electrons. The van der Waals surface area contributed by atoms with Gasteiger partial charge < -0.3 is 19.7 Å². The van der Waals surface area contributed by atoms with Gasteiger partial charge in [-0.2, -0.15) is 15.0 Å². The van der Waals surface area contributed by atoms with E-state index < -0.39 is 0 Å². The van der Waals surface area contributed by atoms with Crippen LogP contribution in [0.25, 0.3) is 0 Å². The Hall–Kier alpha value is -1.89. The summed E-state index contributed by atoms with van der Waals surface area (Å²) in [5, 5.41) is 3.10. The zero-order valence-corrected chi connectivity index (χ0v) is 11.8. The minimum absolute atomic E-state index is 0.347. The Bertz CT molecular complexity index is 435. The summed E-state index contributed by atoms with van der Waals surface area (Å²) in [6.45, 7) is 9.86. The molecule has 1 aromatic heterocycles. The van der Waals surface area contributed by atoms with Crippen molar-refractivity contribution in [3.8, 4) is 6.01 Å². The van der Waals surface area contributed by atoms with Crippen LogP contribution in [-0.2, 0) is 4.74 Å². The average molecular weight is 279 g/mol. The largest absolute Gasteiger partial charge is 0.463 e. The summed E-state index contributed by atoms with van der Waals surface area (Å²) in [7, 11) is 0. The van der Waals surface area contributed by atoms with Crippen LogP contribution in [0.1, 0.15) is 13.3 Å². The Labute approximate surface area is 119 Å². The third-order valence-corrected chi connectivity index (χ3v) is 2.79. The normalized spacial score (nSPS) is 14.9. The molecular formula is C13H21N5O2. The lowest BCUT2D eigenvalue weighted by molar-refractivity contribution is 0.122. The van der Waals surface area contributed by atoms with E-state index in [1.807, 2.05) is 6.92 Å². The van der Waals surface area contributed by atoms with Gasteiger partial charge in [0.05, 0.1) is 19.8 Å². The van der Waals surface area contributed by atoms with E-state index in [1.165, 1.54) is 0 Å². The fourth-order valence-corrected chi connectivity index (χ4v) is 1.79. The van der Waals surface area contributed by atoms with Crippen molar-refractivity contribution in [2.24, 2.45) is 0 Å². The second kappa shape index (κ2) is 7.64. The maximum atomic E-state index is 5.53. The predicted octanol–water partition coefficient (Wildman–Crippen LogP) is 1.09. The molecule has 0 aromatic carbocycles. The Kier molecular flexibility index (Phi) is 5.55. The van der Waals surface area contributed by atoms with Gasteiger partial charge in [-0.05, 0) is 13.3 Å². The van der Waals surface area contributed by atoms with Gasteiger partial charge in [0.1, 0.15) is 0 Å². The van der Waals surface area contributed by atoms with Gasteiger partial charge >= 0.3 is 6.01 Å². The first kappa shape index (κ1) is 14.5. The molecule has 1 fully saturated rings. The summed E-state index contributed by atoms with van der Waals surface area (Å²) in [5.74, 6) is 1.17. The van der Waals surface area contributed by atoms with Gasteiger partial charge in [0.15, 0.2) is 0 Å². The van der Waals surface area contributed by atoms with Gasteiger partial charge in [-0.15, -0.1) is 6.58 Å². The lowest BCUT2D eigenvalue weighted by Crippen LogP contribution is -2.37. The van der Waals surface area contributed by atoms with E-state index in [-0.39, 0.29) is 0 Å². The van der Waals surface area contributed by atoms with Crippen molar-refractivity contribution in [1.82, 2.24) is 15.0 Å². The summed E-state index contributed by atoms with van der Waals surface area (Å²) < 4.78 is 10.9. The number of hydrogen-bond acceptors (Lipinski definition) is 7. The Morgan fingerprint density at radius 3 is 2.85 bits per heavy atom. The fourth-order valence-electron chi connectivity index (χ4n) is 1.79. The zero-order chi connectivity index (χ0) is 14.2. The van der Waals surface area contributed by atoms with Gasteiger partial charge in [-0.1, -0.05) is 6.08 Å². The highest BCUT2D eigenvalue weighted by Crippen LogP contribution is 2.16. The van der Waals surface area contributed by atoms with E-state index in [9.17, 15) is 0 Å². The third kappa shape index (κ3) is 4.06. The fraction of sp³-hybridized carbons (Fsp3) is 0.615. The van der Waals surface area contributed by atoms with Crippen LogP contribution >= 0.6 is 0 Å². The summed E-state index contributed by atoms with van der Waals surface area (Å²) in [6.07, 6.45) is 2.56. The van der Waals surface area contributed by atoms with Gasteiger partial charge in [0.25, 0.3) is 0 Å². The first-order chi connectivity index (χ1) is 9.83. The van der Waals surface area contributed by atoms with Crippen LogP contribution in [0.2, 0.25) is 0 Å². The molecule has 0 radical (unpaired) electrons. The van der Waals surface area contributed by atoms with Crippen molar-refractivity contribution < 1.29 is 9.47 Å².